The van der Waals surface area contributed by atoms with Crippen molar-refractivity contribution >= 4 is 45.5 Å². The van der Waals surface area contributed by atoms with Gasteiger partial charge >= 0.3 is 0 Å². The predicted molar refractivity (Wildman–Crippen MR) is 139 cm³/mol. The number of anilines is 1. The number of nitrogens with one attached hydrogen (secondary N) is 1. The van der Waals surface area contributed by atoms with Crippen LogP contribution in [0, 0.1) is 24.1 Å². The molecule has 11 heteroatoms. The van der Waals surface area contributed by atoms with Crippen LogP contribution in [0.4, 0.5) is 10.1 Å². The zero-order chi connectivity index (χ0) is 26.3. The Labute approximate surface area is 220 Å². The molecule has 1 aromatic heterocycles. The van der Waals surface area contributed by atoms with Crippen LogP contribution < -0.4 is 15.1 Å². The van der Waals surface area contributed by atoms with Gasteiger partial charge in [-0.05, 0) is 73.2 Å². The fraction of sp³-hybridized carbons (Fsp3) is 0.115. The lowest BCUT2D eigenvalue weighted by Gasteiger charge is -2.32. The van der Waals surface area contributed by atoms with Crippen LogP contribution in [0.5, 0.6) is 11.5 Å². The highest BCUT2D eigenvalue weighted by atomic mass is 35.5. The van der Waals surface area contributed by atoms with Crippen molar-refractivity contribution in [1.82, 2.24) is 10.3 Å². The Morgan fingerprint density at radius 1 is 1.05 bits per heavy atom. The number of fused-ring (bicyclic) bond motifs is 1. The van der Waals surface area contributed by atoms with Crippen molar-refractivity contribution in [2.75, 3.05) is 5.01 Å². The number of pyridine rings is 1. The molecule has 8 nitrogen and oxygen atoms in total. The van der Waals surface area contributed by atoms with Crippen LogP contribution in [0.2, 0.25) is 10.0 Å². The number of nitriles is 1. The van der Waals surface area contributed by atoms with E-state index in [1.807, 2.05) is 19.1 Å². The molecule has 0 saturated heterocycles. The van der Waals surface area contributed by atoms with E-state index in [9.17, 15) is 14.6 Å². The molecule has 0 bridgehead atoms. The Hall–Kier alpha value is -3.78. The summed E-state index contributed by atoms with van der Waals surface area (Å²) in [5, 5.41) is 37.7. The SMILES string of the molecule is Cc1cc(-c2ccc(F)cc2)nc2ccc(Oc3c(Cl)cc(N4N=C(C#N)C(O)NC4O)cc3Cl)cc12. The minimum Gasteiger partial charge on any atom is -0.454 e. The van der Waals surface area contributed by atoms with E-state index in [2.05, 4.69) is 15.4 Å². The van der Waals surface area contributed by atoms with Gasteiger partial charge in [0.05, 0.1) is 26.9 Å². The number of ether oxygens (including phenoxy) is 1. The fourth-order valence-corrected chi connectivity index (χ4v) is 4.45. The number of halogens is 3. The van der Waals surface area contributed by atoms with Crippen LogP contribution in [0.3, 0.4) is 0 Å². The van der Waals surface area contributed by atoms with Gasteiger partial charge in [0, 0.05) is 10.9 Å². The van der Waals surface area contributed by atoms with Gasteiger partial charge in [0.15, 0.2) is 17.7 Å². The maximum absolute atomic E-state index is 13.3. The number of nitrogens with zero attached hydrogens (tertiary/aromatic N) is 4. The molecule has 0 amide bonds. The Balaban J connectivity index is 1.45. The number of aromatic nitrogens is 1. The van der Waals surface area contributed by atoms with E-state index in [0.29, 0.717) is 5.75 Å². The third-order valence-electron chi connectivity index (χ3n) is 5.72. The molecule has 5 rings (SSSR count). The van der Waals surface area contributed by atoms with Crippen molar-refractivity contribution in [1.29, 1.82) is 5.26 Å². The van der Waals surface area contributed by atoms with Crippen LogP contribution in [0.1, 0.15) is 5.56 Å². The molecule has 0 radical (unpaired) electrons. The lowest BCUT2D eigenvalue weighted by molar-refractivity contribution is 0.0631. The number of hydrogen-bond donors (Lipinski definition) is 3. The lowest BCUT2D eigenvalue weighted by Crippen LogP contribution is -2.55. The Morgan fingerprint density at radius 2 is 1.76 bits per heavy atom. The number of aliphatic hydroxyl groups is 2. The summed E-state index contributed by atoms with van der Waals surface area (Å²) in [5.41, 5.74) is 3.25. The molecule has 0 spiro atoms. The van der Waals surface area contributed by atoms with Gasteiger partial charge in [-0.3, -0.25) is 0 Å². The second-order valence-electron chi connectivity index (χ2n) is 8.24. The van der Waals surface area contributed by atoms with Crippen LogP contribution >= 0.6 is 23.2 Å². The average Bonchev–Trinajstić information content (AvgIpc) is 2.87. The third kappa shape index (κ3) is 4.93. The van der Waals surface area contributed by atoms with E-state index in [4.69, 9.17) is 33.2 Å². The van der Waals surface area contributed by atoms with E-state index < -0.39 is 12.6 Å². The first-order valence-corrected chi connectivity index (χ1v) is 11.7. The molecule has 1 aliphatic rings. The molecule has 0 aliphatic carbocycles. The molecule has 2 atom stereocenters. The highest BCUT2D eigenvalue weighted by Crippen LogP contribution is 2.41. The number of benzene rings is 3. The van der Waals surface area contributed by atoms with Crippen molar-refractivity contribution in [2.24, 2.45) is 5.10 Å². The van der Waals surface area contributed by atoms with Crippen molar-refractivity contribution in [3.63, 3.8) is 0 Å². The second kappa shape index (κ2) is 9.94. The standard InChI is InChI=1S/C26H18Cl2FN5O3/c1-13-8-22(14-2-4-15(29)5-3-14)31-21-7-6-17(11-18(13)21)37-24-19(27)9-16(10-20(24)28)34-26(36)32-25(35)23(12-30)33-34/h2-11,25-26,32,35-36H,1H3. The van der Waals surface area contributed by atoms with Gasteiger partial charge in [0.25, 0.3) is 0 Å². The Kier molecular flexibility index (Phi) is 6.69. The molecule has 0 fully saturated rings. The largest absolute Gasteiger partial charge is 0.454 e. The third-order valence-corrected chi connectivity index (χ3v) is 6.28. The molecular weight excluding hydrogens is 520 g/mol. The van der Waals surface area contributed by atoms with Crippen LogP contribution in [0.25, 0.3) is 22.2 Å². The summed E-state index contributed by atoms with van der Waals surface area (Å²) in [6, 6.07) is 18.1. The van der Waals surface area contributed by atoms with Gasteiger partial charge in [-0.15, -0.1) is 0 Å². The first-order chi connectivity index (χ1) is 17.7. The average molecular weight is 538 g/mol. The summed E-state index contributed by atoms with van der Waals surface area (Å²) in [7, 11) is 0. The highest BCUT2D eigenvalue weighted by Gasteiger charge is 2.29. The van der Waals surface area contributed by atoms with Gasteiger partial charge in [0.1, 0.15) is 17.6 Å². The number of aryl methyl sites for hydroxylation is 1. The Bertz CT molecular complexity index is 1570. The molecule has 3 aromatic carbocycles. The molecular formula is C26H18Cl2FN5O3. The summed E-state index contributed by atoms with van der Waals surface area (Å²) in [6.45, 7) is 1.94. The zero-order valence-corrected chi connectivity index (χ0v) is 20.7. The van der Waals surface area contributed by atoms with Crippen molar-refractivity contribution in [3.8, 4) is 28.8 Å². The summed E-state index contributed by atoms with van der Waals surface area (Å²) in [5.74, 6) is 0.343. The van der Waals surface area contributed by atoms with E-state index >= 15 is 0 Å². The van der Waals surface area contributed by atoms with Gasteiger partial charge in [-0.25, -0.2) is 19.7 Å². The smallest absolute Gasteiger partial charge is 0.206 e. The van der Waals surface area contributed by atoms with Crippen molar-refractivity contribution in [3.05, 3.63) is 82.1 Å². The predicted octanol–water partition coefficient (Wildman–Crippen LogP) is 5.33. The first-order valence-electron chi connectivity index (χ1n) is 11.0. The van der Waals surface area contributed by atoms with Gasteiger partial charge in [-0.2, -0.15) is 10.4 Å². The molecule has 3 N–H and O–H groups in total. The maximum Gasteiger partial charge on any atom is 0.206 e. The van der Waals surface area contributed by atoms with E-state index in [1.54, 1.807) is 30.3 Å². The lowest BCUT2D eigenvalue weighted by atomic mass is 10.0. The quantitative estimate of drug-likeness (QED) is 0.322. The Morgan fingerprint density at radius 3 is 2.43 bits per heavy atom. The van der Waals surface area contributed by atoms with Crippen LogP contribution in [0.15, 0.2) is 65.8 Å². The summed E-state index contributed by atoms with van der Waals surface area (Å²) in [4.78, 5) is 4.69. The molecule has 2 heterocycles. The van der Waals surface area contributed by atoms with E-state index in [-0.39, 0.29) is 33.0 Å². The normalized spacial score (nSPS) is 17.4. The number of hydrazone groups is 1. The molecule has 4 aromatic rings. The maximum atomic E-state index is 13.3. The summed E-state index contributed by atoms with van der Waals surface area (Å²) in [6.07, 6.45) is -2.82. The van der Waals surface area contributed by atoms with Crippen molar-refractivity contribution < 1.29 is 19.3 Å². The zero-order valence-electron chi connectivity index (χ0n) is 19.2. The molecule has 2 unspecified atom stereocenters. The van der Waals surface area contributed by atoms with Gasteiger partial charge in [-0.1, -0.05) is 23.2 Å². The molecule has 186 valence electrons. The minimum atomic E-state index is -1.42. The second-order valence-corrected chi connectivity index (χ2v) is 9.05. The van der Waals surface area contributed by atoms with E-state index in [0.717, 1.165) is 32.7 Å². The molecule has 0 saturated carbocycles. The van der Waals surface area contributed by atoms with E-state index in [1.165, 1.54) is 24.3 Å². The monoisotopic (exact) mass is 537 g/mol. The fourth-order valence-electron chi connectivity index (χ4n) is 3.90. The number of aliphatic hydroxyl groups excluding tert-OH is 2. The minimum absolute atomic E-state index is 0.135. The molecule has 1 aliphatic heterocycles. The number of hydrogen-bond acceptors (Lipinski definition) is 8. The topological polar surface area (TPSA) is 114 Å². The highest BCUT2D eigenvalue weighted by molar-refractivity contribution is 6.37. The summed E-state index contributed by atoms with van der Waals surface area (Å²) < 4.78 is 19.3. The van der Waals surface area contributed by atoms with Crippen molar-refractivity contribution in [2.45, 2.75) is 19.5 Å². The summed E-state index contributed by atoms with van der Waals surface area (Å²) >= 11 is 12.9. The van der Waals surface area contributed by atoms with Crippen LogP contribution in [-0.4, -0.2) is 33.5 Å². The molecule has 37 heavy (non-hydrogen) atoms. The van der Waals surface area contributed by atoms with Gasteiger partial charge < -0.3 is 14.9 Å². The van der Waals surface area contributed by atoms with Gasteiger partial charge in [0.2, 0.25) is 6.35 Å². The van der Waals surface area contributed by atoms with Crippen LogP contribution in [-0.2, 0) is 0 Å². The number of rotatable bonds is 4. The first kappa shape index (κ1) is 24.9.